The Morgan fingerprint density at radius 1 is 1.17 bits per heavy atom. The van der Waals surface area contributed by atoms with Gasteiger partial charge in [0, 0.05) is 0 Å². The van der Waals surface area contributed by atoms with Crippen molar-refractivity contribution in [2.45, 2.75) is 59.3 Å². The van der Waals surface area contributed by atoms with E-state index in [-0.39, 0.29) is 0 Å². The van der Waals surface area contributed by atoms with Crippen molar-refractivity contribution < 1.29 is 0 Å². The van der Waals surface area contributed by atoms with Crippen molar-refractivity contribution in [1.82, 2.24) is 0 Å². The zero-order chi connectivity index (χ0) is 13.4. The molecule has 0 radical (unpaired) electrons. The molecule has 0 aliphatic heterocycles. The third kappa shape index (κ3) is 4.33. The molecule has 18 heavy (non-hydrogen) atoms. The molecule has 2 rings (SSSR count). The first kappa shape index (κ1) is 15.0. The second-order valence-corrected chi connectivity index (χ2v) is 5.13. The van der Waals surface area contributed by atoms with Crippen LogP contribution in [0.5, 0.6) is 0 Å². The third-order valence-electron chi connectivity index (χ3n) is 3.77. The van der Waals surface area contributed by atoms with E-state index < -0.39 is 0 Å². The zero-order valence-corrected chi connectivity index (χ0v) is 12.3. The van der Waals surface area contributed by atoms with Crippen LogP contribution in [0, 0.1) is 5.92 Å². The van der Waals surface area contributed by atoms with Crippen molar-refractivity contribution in [3.63, 3.8) is 0 Å². The van der Waals surface area contributed by atoms with Gasteiger partial charge in [-0.2, -0.15) is 0 Å². The van der Waals surface area contributed by atoms with Crippen LogP contribution in [0.3, 0.4) is 0 Å². The van der Waals surface area contributed by atoms with Gasteiger partial charge in [-0.3, -0.25) is 0 Å². The predicted molar refractivity (Wildman–Crippen MR) is 82.8 cm³/mol. The van der Waals surface area contributed by atoms with Gasteiger partial charge in [-0.05, 0) is 36.8 Å². The Kier molecular flexibility index (Phi) is 6.78. The highest BCUT2D eigenvalue weighted by Crippen LogP contribution is 2.29. The normalized spacial score (nSPS) is 15.1. The minimum Gasteiger partial charge on any atom is -0.0955 e. The average Bonchev–Trinajstić information content (AvgIpc) is 2.92. The molecule has 0 bridgehead atoms. The summed E-state index contributed by atoms with van der Waals surface area (Å²) >= 11 is 0. The first-order chi connectivity index (χ1) is 8.77. The molecule has 0 unspecified atom stereocenters. The second-order valence-electron chi connectivity index (χ2n) is 5.13. The average molecular weight is 244 g/mol. The molecule has 0 spiro atoms. The van der Waals surface area contributed by atoms with E-state index in [4.69, 9.17) is 0 Å². The summed E-state index contributed by atoms with van der Waals surface area (Å²) < 4.78 is 0. The lowest BCUT2D eigenvalue weighted by Crippen LogP contribution is -1.98. The monoisotopic (exact) mass is 244 g/mol. The number of hydrogen-bond acceptors (Lipinski definition) is 0. The molecule has 1 aliphatic rings. The summed E-state index contributed by atoms with van der Waals surface area (Å²) in [6.45, 7) is 10.2. The molecule has 0 saturated heterocycles. The number of aryl methyl sites for hydroxylation is 1. The SMILES string of the molecule is C=C(C)c1ccccc1CCC1CCCC1.CC. The molecule has 0 heteroatoms. The maximum Gasteiger partial charge on any atom is -0.0201 e. The van der Waals surface area contributed by atoms with Gasteiger partial charge in [0.15, 0.2) is 0 Å². The van der Waals surface area contributed by atoms with Gasteiger partial charge in [0.25, 0.3) is 0 Å². The van der Waals surface area contributed by atoms with Crippen LogP contribution >= 0.6 is 0 Å². The number of allylic oxidation sites excluding steroid dienone is 1. The van der Waals surface area contributed by atoms with Crippen LogP contribution < -0.4 is 0 Å². The van der Waals surface area contributed by atoms with E-state index in [1.807, 2.05) is 13.8 Å². The van der Waals surface area contributed by atoms with E-state index in [1.165, 1.54) is 55.2 Å². The lowest BCUT2D eigenvalue weighted by molar-refractivity contribution is 0.503. The first-order valence-electron chi connectivity index (χ1n) is 7.51. The Labute approximate surface area is 113 Å². The first-order valence-corrected chi connectivity index (χ1v) is 7.51. The molecule has 0 nitrogen and oxygen atoms in total. The van der Waals surface area contributed by atoms with E-state index in [0.717, 1.165) is 5.92 Å². The standard InChI is InChI=1S/C16H22.C2H6/c1-13(2)16-10-6-5-9-15(16)12-11-14-7-3-4-8-14;1-2/h5-6,9-10,14H,1,3-4,7-8,11-12H2,2H3;1-2H3. The van der Waals surface area contributed by atoms with Gasteiger partial charge in [0.2, 0.25) is 0 Å². The highest BCUT2D eigenvalue weighted by atomic mass is 14.2. The fourth-order valence-corrected chi connectivity index (χ4v) is 2.81. The van der Waals surface area contributed by atoms with Crippen molar-refractivity contribution in [2.75, 3.05) is 0 Å². The minimum atomic E-state index is 0.984. The number of hydrogen-bond donors (Lipinski definition) is 0. The highest BCUT2D eigenvalue weighted by molar-refractivity contribution is 5.64. The maximum atomic E-state index is 4.07. The molecule has 1 aromatic rings. The second kappa shape index (κ2) is 8.13. The van der Waals surface area contributed by atoms with Gasteiger partial charge in [0.05, 0.1) is 0 Å². The summed E-state index contributed by atoms with van der Waals surface area (Å²) in [5, 5.41) is 0. The van der Waals surface area contributed by atoms with Crippen LogP contribution in [0.15, 0.2) is 30.8 Å². The summed E-state index contributed by atoms with van der Waals surface area (Å²) in [5.74, 6) is 0.984. The molecule has 0 N–H and O–H groups in total. The van der Waals surface area contributed by atoms with Gasteiger partial charge >= 0.3 is 0 Å². The summed E-state index contributed by atoms with van der Waals surface area (Å²) in [7, 11) is 0. The molecule has 0 heterocycles. The zero-order valence-electron chi connectivity index (χ0n) is 12.3. The van der Waals surface area contributed by atoms with Crippen molar-refractivity contribution >= 4 is 5.57 Å². The molecule has 1 aromatic carbocycles. The van der Waals surface area contributed by atoms with Crippen LogP contribution in [-0.4, -0.2) is 0 Å². The van der Waals surface area contributed by atoms with E-state index in [2.05, 4.69) is 37.8 Å². The van der Waals surface area contributed by atoms with Crippen LogP contribution in [0.25, 0.3) is 5.57 Å². The van der Waals surface area contributed by atoms with Gasteiger partial charge < -0.3 is 0 Å². The van der Waals surface area contributed by atoms with E-state index in [9.17, 15) is 0 Å². The summed E-state index contributed by atoms with van der Waals surface area (Å²) in [6.07, 6.45) is 8.40. The minimum absolute atomic E-state index is 0.984. The fourth-order valence-electron chi connectivity index (χ4n) is 2.81. The van der Waals surface area contributed by atoms with Gasteiger partial charge in [0.1, 0.15) is 0 Å². The highest BCUT2D eigenvalue weighted by Gasteiger charge is 2.15. The van der Waals surface area contributed by atoms with Gasteiger partial charge in [-0.25, -0.2) is 0 Å². The van der Waals surface area contributed by atoms with Gasteiger partial charge in [-0.15, -0.1) is 0 Å². The van der Waals surface area contributed by atoms with Crippen molar-refractivity contribution in [3.05, 3.63) is 42.0 Å². The van der Waals surface area contributed by atoms with E-state index in [1.54, 1.807) is 0 Å². The fraction of sp³-hybridized carbons (Fsp3) is 0.556. The third-order valence-corrected chi connectivity index (χ3v) is 3.77. The van der Waals surface area contributed by atoms with Crippen molar-refractivity contribution in [3.8, 4) is 0 Å². The topological polar surface area (TPSA) is 0 Å². The van der Waals surface area contributed by atoms with Crippen molar-refractivity contribution in [2.24, 2.45) is 5.92 Å². The molecule has 0 aromatic heterocycles. The Bertz CT molecular complexity index is 356. The van der Waals surface area contributed by atoms with Crippen LogP contribution in [0.4, 0.5) is 0 Å². The Morgan fingerprint density at radius 2 is 1.78 bits per heavy atom. The molecule has 1 fully saturated rings. The van der Waals surface area contributed by atoms with Crippen LogP contribution in [0.1, 0.15) is 64.0 Å². The Balaban J connectivity index is 0.000000771. The number of benzene rings is 1. The molecule has 0 amide bonds. The van der Waals surface area contributed by atoms with Crippen LogP contribution in [-0.2, 0) is 6.42 Å². The molecular weight excluding hydrogens is 216 g/mol. The Morgan fingerprint density at radius 3 is 2.39 bits per heavy atom. The lowest BCUT2D eigenvalue weighted by Gasteiger charge is -2.12. The summed E-state index contributed by atoms with van der Waals surface area (Å²) in [4.78, 5) is 0. The smallest absolute Gasteiger partial charge is 0.0201 e. The molecular formula is C18H28. The summed E-state index contributed by atoms with van der Waals surface area (Å²) in [5.41, 5.74) is 4.05. The molecule has 1 aliphatic carbocycles. The largest absolute Gasteiger partial charge is 0.0955 e. The van der Waals surface area contributed by atoms with E-state index in [0.29, 0.717) is 0 Å². The lowest BCUT2D eigenvalue weighted by atomic mass is 9.93. The number of rotatable bonds is 4. The van der Waals surface area contributed by atoms with Gasteiger partial charge in [-0.1, -0.05) is 75.9 Å². The van der Waals surface area contributed by atoms with Crippen LogP contribution in [0.2, 0.25) is 0 Å². The molecule has 1 saturated carbocycles. The molecule has 100 valence electrons. The Hall–Kier alpha value is -1.04. The predicted octanol–water partition coefficient (Wildman–Crippen LogP) is 5.87. The van der Waals surface area contributed by atoms with E-state index >= 15 is 0 Å². The quantitative estimate of drug-likeness (QED) is 0.621. The summed E-state index contributed by atoms with van der Waals surface area (Å²) in [6, 6.07) is 8.73. The maximum absolute atomic E-state index is 4.07. The van der Waals surface area contributed by atoms with Crippen molar-refractivity contribution in [1.29, 1.82) is 0 Å². The molecule has 0 atom stereocenters.